The van der Waals surface area contributed by atoms with Crippen molar-refractivity contribution in [3.05, 3.63) is 12.2 Å². The molecule has 3 saturated carbocycles. The lowest BCUT2D eigenvalue weighted by Crippen LogP contribution is -2.39. The minimum atomic E-state index is -0.0868. The van der Waals surface area contributed by atoms with E-state index in [1.165, 1.54) is 24.8 Å². The van der Waals surface area contributed by atoms with E-state index in [1.807, 2.05) is 0 Å². The number of rotatable bonds is 0. The van der Waals surface area contributed by atoms with Gasteiger partial charge in [0.25, 0.3) is 0 Å². The minimum absolute atomic E-state index is 0.0868. The molecule has 15 heavy (non-hydrogen) atoms. The summed E-state index contributed by atoms with van der Waals surface area (Å²) in [5, 5.41) is 0. The van der Waals surface area contributed by atoms with Crippen LogP contribution in [0.2, 0.25) is 0 Å². The summed E-state index contributed by atoms with van der Waals surface area (Å²) in [6.07, 6.45) is 6.67. The lowest BCUT2D eigenvalue weighted by Gasteiger charge is -2.42. The Morgan fingerprint density at radius 3 is 2.60 bits per heavy atom. The van der Waals surface area contributed by atoms with Gasteiger partial charge in [0, 0.05) is 6.42 Å². The zero-order valence-corrected chi connectivity index (χ0v) is 9.86. The standard InChI is InChI=1S/C14H20O/c1-10-5-8-13-6-4-7-14(10,13)11(15)9-12(13,2)3/h1,4-9H2,2-3H3. The fourth-order valence-corrected chi connectivity index (χ4v) is 5.12. The van der Waals surface area contributed by atoms with Crippen molar-refractivity contribution in [2.24, 2.45) is 16.2 Å². The van der Waals surface area contributed by atoms with Gasteiger partial charge in [-0.05, 0) is 36.5 Å². The summed E-state index contributed by atoms with van der Waals surface area (Å²) < 4.78 is 0. The zero-order chi connectivity index (χ0) is 10.9. The predicted octanol–water partition coefficient (Wildman–Crippen LogP) is 3.49. The van der Waals surface area contributed by atoms with E-state index in [0.29, 0.717) is 5.78 Å². The van der Waals surface area contributed by atoms with Crippen molar-refractivity contribution in [3.63, 3.8) is 0 Å². The van der Waals surface area contributed by atoms with Crippen molar-refractivity contribution in [2.75, 3.05) is 0 Å². The summed E-state index contributed by atoms with van der Waals surface area (Å²) in [6.45, 7) is 8.82. The summed E-state index contributed by atoms with van der Waals surface area (Å²) in [6, 6.07) is 0. The van der Waals surface area contributed by atoms with Gasteiger partial charge in [-0.15, -0.1) is 0 Å². The molecule has 0 spiro atoms. The number of hydrogen-bond acceptors (Lipinski definition) is 1. The maximum atomic E-state index is 12.4. The van der Waals surface area contributed by atoms with Gasteiger partial charge in [-0.1, -0.05) is 32.4 Å². The average molecular weight is 204 g/mol. The highest BCUT2D eigenvalue weighted by Gasteiger charge is 2.72. The van der Waals surface area contributed by atoms with Gasteiger partial charge in [-0.3, -0.25) is 4.79 Å². The summed E-state index contributed by atoms with van der Waals surface area (Å²) in [4.78, 5) is 12.4. The van der Waals surface area contributed by atoms with Crippen LogP contribution < -0.4 is 0 Å². The first-order chi connectivity index (χ1) is 6.96. The lowest BCUT2D eigenvalue weighted by atomic mass is 9.60. The van der Waals surface area contributed by atoms with Crippen LogP contribution in [0.5, 0.6) is 0 Å². The van der Waals surface area contributed by atoms with Gasteiger partial charge < -0.3 is 0 Å². The van der Waals surface area contributed by atoms with Crippen molar-refractivity contribution in [2.45, 2.75) is 52.4 Å². The first-order valence-corrected chi connectivity index (χ1v) is 6.18. The Kier molecular flexibility index (Phi) is 1.53. The molecule has 1 heteroatoms. The van der Waals surface area contributed by atoms with Gasteiger partial charge in [0.1, 0.15) is 5.78 Å². The Morgan fingerprint density at radius 1 is 1.20 bits per heavy atom. The molecular weight excluding hydrogens is 184 g/mol. The molecule has 1 nitrogen and oxygen atoms in total. The average Bonchev–Trinajstić information content (AvgIpc) is 2.68. The van der Waals surface area contributed by atoms with Crippen LogP contribution in [-0.2, 0) is 4.79 Å². The Labute approximate surface area is 91.9 Å². The smallest absolute Gasteiger partial charge is 0.144 e. The van der Waals surface area contributed by atoms with Crippen LogP contribution in [-0.4, -0.2) is 5.78 Å². The van der Waals surface area contributed by atoms with Gasteiger partial charge in [-0.25, -0.2) is 0 Å². The second kappa shape index (κ2) is 2.39. The quantitative estimate of drug-likeness (QED) is 0.552. The summed E-state index contributed by atoms with van der Waals surface area (Å²) in [7, 11) is 0. The third-order valence-corrected chi connectivity index (χ3v) is 5.80. The summed E-state index contributed by atoms with van der Waals surface area (Å²) in [5.74, 6) is 0.507. The van der Waals surface area contributed by atoms with E-state index in [4.69, 9.17) is 0 Å². The van der Waals surface area contributed by atoms with Crippen LogP contribution in [0.25, 0.3) is 0 Å². The van der Waals surface area contributed by atoms with Crippen molar-refractivity contribution in [3.8, 4) is 0 Å². The van der Waals surface area contributed by atoms with E-state index < -0.39 is 0 Å². The van der Waals surface area contributed by atoms with E-state index in [2.05, 4.69) is 20.4 Å². The third-order valence-electron chi connectivity index (χ3n) is 5.80. The van der Waals surface area contributed by atoms with Crippen molar-refractivity contribution in [1.29, 1.82) is 0 Å². The highest BCUT2D eigenvalue weighted by atomic mass is 16.1. The molecule has 3 rings (SSSR count). The normalized spacial score (nSPS) is 47.1. The van der Waals surface area contributed by atoms with Gasteiger partial charge in [0.2, 0.25) is 0 Å². The fourth-order valence-electron chi connectivity index (χ4n) is 5.12. The van der Waals surface area contributed by atoms with E-state index in [-0.39, 0.29) is 16.2 Å². The highest BCUT2D eigenvalue weighted by Crippen LogP contribution is 2.76. The van der Waals surface area contributed by atoms with Crippen LogP contribution in [0, 0.1) is 16.2 Å². The Balaban J connectivity index is 2.26. The first-order valence-electron chi connectivity index (χ1n) is 6.18. The molecule has 2 unspecified atom stereocenters. The van der Waals surface area contributed by atoms with Crippen LogP contribution in [0.15, 0.2) is 12.2 Å². The van der Waals surface area contributed by atoms with Crippen LogP contribution in [0.3, 0.4) is 0 Å². The van der Waals surface area contributed by atoms with Crippen molar-refractivity contribution in [1.82, 2.24) is 0 Å². The molecule has 0 aromatic rings. The van der Waals surface area contributed by atoms with Crippen LogP contribution in [0.4, 0.5) is 0 Å². The minimum Gasteiger partial charge on any atom is -0.299 e. The van der Waals surface area contributed by atoms with Crippen molar-refractivity contribution < 1.29 is 4.79 Å². The fraction of sp³-hybridized carbons (Fsp3) is 0.786. The monoisotopic (exact) mass is 204 g/mol. The topological polar surface area (TPSA) is 17.1 Å². The summed E-state index contributed by atoms with van der Waals surface area (Å²) >= 11 is 0. The second-order valence-corrected chi connectivity index (χ2v) is 6.43. The Morgan fingerprint density at radius 2 is 1.93 bits per heavy atom. The SMILES string of the molecule is C=C1CCC23CCCC12C(=O)CC3(C)C. The predicted molar refractivity (Wildman–Crippen MR) is 60.5 cm³/mol. The van der Waals surface area contributed by atoms with E-state index >= 15 is 0 Å². The molecule has 3 aliphatic rings. The first kappa shape index (κ1) is 9.62. The Hall–Kier alpha value is -0.590. The largest absolute Gasteiger partial charge is 0.299 e. The van der Waals surface area contributed by atoms with Crippen LogP contribution >= 0.6 is 0 Å². The van der Waals surface area contributed by atoms with Gasteiger partial charge in [-0.2, -0.15) is 0 Å². The molecule has 0 amide bonds. The highest BCUT2D eigenvalue weighted by molar-refractivity contribution is 5.93. The lowest BCUT2D eigenvalue weighted by molar-refractivity contribution is -0.125. The number of carbonyl (C=O) groups excluding carboxylic acids is 1. The summed E-state index contributed by atoms with van der Waals surface area (Å²) in [5.41, 5.74) is 1.67. The molecule has 0 saturated heterocycles. The molecule has 2 atom stereocenters. The number of hydrogen-bond donors (Lipinski definition) is 0. The molecular formula is C14H20O. The molecule has 0 aliphatic heterocycles. The third kappa shape index (κ3) is 0.745. The van der Waals surface area contributed by atoms with Gasteiger partial charge in [0.15, 0.2) is 0 Å². The number of ketones is 1. The molecule has 0 radical (unpaired) electrons. The molecule has 0 N–H and O–H groups in total. The van der Waals surface area contributed by atoms with Gasteiger partial charge in [0.05, 0.1) is 5.41 Å². The molecule has 82 valence electrons. The molecule has 0 bridgehead atoms. The number of carbonyl (C=O) groups is 1. The second-order valence-electron chi connectivity index (χ2n) is 6.43. The molecule has 0 aromatic carbocycles. The molecule has 0 aromatic heterocycles. The van der Waals surface area contributed by atoms with Crippen molar-refractivity contribution >= 4 is 5.78 Å². The van der Waals surface area contributed by atoms with Crippen LogP contribution in [0.1, 0.15) is 52.4 Å². The zero-order valence-electron chi connectivity index (χ0n) is 9.86. The van der Waals surface area contributed by atoms with Gasteiger partial charge >= 0.3 is 0 Å². The number of Topliss-reactive ketones (excluding diaryl/α,β-unsaturated/α-hetero) is 1. The molecule has 3 fully saturated rings. The maximum Gasteiger partial charge on any atom is 0.144 e. The van der Waals surface area contributed by atoms with E-state index in [1.54, 1.807) is 0 Å². The maximum absolute atomic E-state index is 12.4. The molecule has 3 aliphatic carbocycles. The Bertz CT molecular complexity index is 366. The van der Waals surface area contributed by atoms with E-state index in [0.717, 1.165) is 19.3 Å². The number of allylic oxidation sites excluding steroid dienone is 1. The van der Waals surface area contributed by atoms with E-state index in [9.17, 15) is 4.79 Å². The molecule has 0 heterocycles.